The van der Waals surface area contributed by atoms with E-state index < -0.39 is 0 Å². The predicted molar refractivity (Wildman–Crippen MR) is 137 cm³/mol. The van der Waals surface area contributed by atoms with E-state index in [1.807, 2.05) is 0 Å². The Morgan fingerprint density at radius 2 is 1.10 bits per heavy atom. The molecule has 2 aliphatic rings. The Hall–Kier alpha value is -0.550. The van der Waals surface area contributed by atoms with Crippen molar-refractivity contribution in [3.63, 3.8) is 0 Å². The Bertz CT molecular complexity index is 388. The third kappa shape index (κ3) is 18.2. The van der Waals surface area contributed by atoms with Crippen LogP contribution in [0.2, 0.25) is 0 Å². The van der Waals surface area contributed by atoms with Gasteiger partial charge in [-0.3, -0.25) is 0 Å². The molecule has 1 saturated heterocycles. The lowest BCUT2D eigenvalue weighted by atomic mass is 9.72. The maximum atomic E-state index is 8.18. The van der Waals surface area contributed by atoms with Crippen molar-refractivity contribution in [3.8, 4) is 6.07 Å². The van der Waals surface area contributed by atoms with Gasteiger partial charge in [0.25, 0.3) is 0 Å². The van der Waals surface area contributed by atoms with Gasteiger partial charge in [0, 0.05) is 19.6 Å². The maximum absolute atomic E-state index is 8.18. The summed E-state index contributed by atoms with van der Waals surface area (Å²) in [6.45, 7) is 22.5. The third-order valence-electron chi connectivity index (χ3n) is 6.26. The summed E-state index contributed by atoms with van der Waals surface area (Å²) in [6.07, 6.45) is 11.6. The summed E-state index contributed by atoms with van der Waals surface area (Å²) in [5.41, 5.74) is 1.39. The van der Waals surface area contributed by atoms with Crippen LogP contribution in [0, 0.1) is 39.4 Å². The Labute approximate surface area is 192 Å². The molecular formula is C28H59NO. The van der Waals surface area contributed by atoms with E-state index in [9.17, 15) is 0 Å². The quantitative estimate of drug-likeness (QED) is 0.419. The second kappa shape index (κ2) is 16.1. The van der Waals surface area contributed by atoms with Crippen LogP contribution in [-0.2, 0) is 4.74 Å². The highest BCUT2D eigenvalue weighted by atomic mass is 16.5. The van der Waals surface area contributed by atoms with Crippen molar-refractivity contribution in [3.05, 3.63) is 0 Å². The van der Waals surface area contributed by atoms with Crippen LogP contribution in [0.5, 0.6) is 0 Å². The van der Waals surface area contributed by atoms with E-state index in [4.69, 9.17) is 10.00 Å². The maximum Gasteiger partial charge on any atom is 0.0621 e. The number of nitriles is 1. The summed E-state index contributed by atoms with van der Waals surface area (Å²) in [4.78, 5) is 0. The van der Waals surface area contributed by atoms with Gasteiger partial charge in [-0.2, -0.15) is 5.26 Å². The average molecular weight is 426 g/mol. The average Bonchev–Trinajstić information content (AvgIpc) is 2.61. The smallest absolute Gasteiger partial charge is 0.0621 e. The molecular weight excluding hydrogens is 366 g/mol. The number of nitrogens with zero attached hydrogens (tertiary/aromatic N) is 1. The molecule has 0 radical (unpaired) electrons. The van der Waals surface area contributed by atoms with Crippen LogP contribution >= 0.6 is 0 Å². The van der Waals surface area contributed by atoms with Crippen LogP contribution in [-0.4, -0.2) is 13.2 Å². The van der Waals surface area contributed by atoms with Crippen LogP contribution in [0.1, 0.15) is 135 Å². The normalized spacial score (nSPS) is 18.3. The largest absolute Gasteiger partial charge is 0.381 e. The Kier molecular flexibility index (Phi) is 18.3. The summed E-state index contributed by atoms with van der Waals surface area (Å²) in [5.74, 6) is 1.88. The van der Waals surface area contributed by atoms with Gasteiger partial charge in [0.2, 0.25) is 0 Å². The van der Waals surface area contributed by atoms with E-state index in [0.717, 1.165) is 31.5 Å². The fourth-order valence-electron chi connectivity index (χ4n) is 3.96. The van der Waals surface area contributed by atoms with Crippen LogP contribution < -0.4 is 0 Å². The lowest BCUT2D eigenvalue weighted by molar-refractivity contribution is 0.0286. The molecule has 2 rings (SSSR count). The van der Waals surface area contributed by atoms with Crippen LogP contribution in [0.4, 0.5) is 0 Å². The molecule has 1 aliphatic heterocycles. The van der Waals surface area contributed by atoms with Crippen LogP contribution in [0.25, 0.3) is 0 Å². The van der Waals surface area contributed by atoms with E-state index in [-0.39, 0.29) is 14.9 Å². The van der Waals surface area contributed by atoms with Crippen molar-refractivity contribution in [2.45, 2.75) is 135 Å². The standard InChI is InChI=1S/C10H20.C9H18O.C7H13N.2CH4/c1-10(2,3)9-7-5-4-6-8-9;1-9(2,3)8-4-6-10-7-5-8;1-7(2,3)5-4-6-8;;/h9H,4-8H2,1-3H3;8H,4-7H2,1-3H3;4-5H2,1-3H3;2*1H4. The minimum Gasteiger partial charge on any atom is -0.381 e. The van der Waals surface area contributed by atoms with E-state index >= 15 is 0 Å². The molecule has 30 heavy (non-hydrogen) atoms. The van der Waals surface area contributed by atoms with Gasteiger partial charge in [-0.25, -0.2) is 0 Å². The first-order chi connectivity index (χ1) is 12.8. The molecule has 1 heterocycles. The monoisotopic (exact) mass is 425 g/mol. The molecule has 0 amide bonds. The van der Waals surface area contributed by atoms with Gasteiger partial charge < -0.3 is 4.74 Å². The van der Waals surface area contributed by atoms with Crippen molar-refractivity contribution in [2.24, 2.45) is 28.1 Å². The summed E-state index contributed by atoms with van der Waals surface area (Å²) >= 11 is 0. The molecule has 2 nitrogen and oxygen atoms in total. The van der Waals surface area contributed by atoms with E-state index in [2.05, 4.69) is 68.4 Å². The third-order valence-corrected chi connectivity index (χ3v) is 6.26. The van der Waals surface area contributed by atoms with Crippen molar-refractivity contribution >= 4 is 0 Å². The highest BCUT2D eigenvalue weighted by Gasteiger charge is 2.26. The van der Waals surface area contributed by atoms with Gasteiger partial charge in [0.1, 0.15) is 0 Å². The molecule has 2 fully saturated rings. The lowest BCUT2D eigenvalue weighted by Crippen LogP contribution is -2.27. The molecule has 0 aromatic carbocycles. The number of rotatable bonds is 1. The Morgan fingerprint density at radius 3 is 1.33 bits per heavy atom. The zero-order valence-corrected chi connectivity index (χ0v) is 20.8. The molecule has 182 valence electrons. The summed E-state index contributed by atoms with van der Waals surface area (Å²) in [5, 5.41) is 8.18. The highest BCUT2D eigenvalue weighted by Crippen LogP contribution is 2.37. The van der Waals surface area contributed by atoms with Gasteiger partial charge in [-0.15, -0.1) is 0 Å². The first kappa shape index (κ1) is 34.1. The molecule has 1 aliphatic carbocycles. The van der Waals surface area contributed by atoms with Crippen LogP contribution in [0.15, 0.2) is 0 Å². The van der Waals surface area contributed by atoms with Gasteiger partial charge in [0.05, 0.1) is 6.07 Å². The van der Waals surface area contributed by atoms with Gasteiger partial charge in [0.15, 0.2) is 0 Å². The van der Waals surface area contributed by atoms with E-state index in [0.29, 0.717) is 22.7 Å². The van der Waals surface area contributed by atoms with E-state index in [1.54, 1.807) is 0 Å². The molecule has 0 unspecified atom stereocenters. The molecule has 0 bridgehead atoms. The predicted octanol–water partition coefficient (Wildman–Crippen LogP) is 9.68. The number of hydrogen-bond donors (Lipinski definition) is 0. The molecule has 0 aromatic rings. The summed E-state index contributed by atoms with van der Waals surface area (Å²) < 4.78 is 5.29. The first-order valence-corrected chi connectivity index (χ1v) is 11.7. The Morgan fingerprint density at radius 1 is 0.700 bits per heavy atom. The van der Waals surface area contributed by atoms with Crippen molar-refractivity contribution < 1.29 is 4.74 Å². The first-order valence-electron chi connectivity index (χ1n) is 11.7. The van der Waals surface area contributed by atoms with Crippen LogP contribution in [0.3, 0.4) is 0 Å². The van der Waals surface area contributed by atoms with E-state index in [1.165, 1.54) is 44.9 Å². The minimum atomic E-state index is 0. The number of ether oxygens (including phenoxy) is 1. The summed E-state index contributed by atoms with van der Waals surface area (Å²) in [7, 11) is 0. The second-order valence-corrected chi connectivity index (χ2v) is 12.2. The van der Waals surface area contributed by atoms with Gasteiger partial charge >= 0.3 is 0 Å². The van der Waals surface area contributed by atoms with Crippen molar-refractivity contribution in [1.82, 2.24) is 0 Å². The molecule has 1 saturated carbocycles. The zero-order chi connectivity index (χ0) is 21.8. The van der Waals surface area contributed by atoms with Crippen molar-refractivity contribution in [2.75, 3.05) is 13.2 Å². The fraction of sp³-hybridized carbons (Fsp3) is 0.964. The van der Waals surface area contributed by atoms with Gasteiger partial charge in [-0.05, 0) is 60.2 Å². The second-order valence-electron chi connectivity index (χ2n) is 12.2. The highest BCUT2D eigenvalue weighted by molar-refractivity contribution is 4.77. The van der Waals surface area contributed by atoms with Crippen molar-refractivity contribution in [1.29, 1.82) is 5.26 Å². The summed E-state index contributed by atoms with van der Waals surface area (Å²) in [6, 6.07) is 2.12. The molecule has 0 N–H and O–H groups in total. The fourth-order valence-corrected chi connectivity index (χ4v) is 3.96. The molecule has 0 aromatic heterocycles. The molecule has 0 atom stereocenters. The zero-order valence-electron chi connectivity index (χ0n) is 20.8. The lowest BCUT2D eigenvalue weighted by Gasteiger charge is -2.33. The van der Waals surface area contributed by atoms with Gasteiger partial charge in [-0.1, -0.05) is 96.4 Å². The number of hydrogen-bond acceptors (Lipinski definition) is 2. The molecule has 2 heteroatoms. The molecule has 0 spiro atoms. The topological polar surface area (TPSA) is 33.0 Å². The Balaban J connectivity index is -0.000000356. The minimum absolute atomic E-state index is 0. The SMILES string of the molecule is C.C.CC(C)(C)C1CCCCC1.CC(C)(C)C1CCOCC1.CC(C)(C)CCC#N.